The minimum atomic E-state index is -0.624. The summed E-state index contributed by atoms with van der Waals surface area (Å²) in [7, 11) is 0. The Morgan fingerprint density at radius 3 is 2.87 bits per heavy atom. The van der Waals surface area contributed by atoms with Crippen LogP contribution in [0.25, 0.3) is 0 Å². The zero-order valence-electron chi connectivity index (χ0n) is 12.9. The maximum Gasteiger partial charge on any atom is 0.239 e. The van der Waals surface area contributed by atoms with E-state index in [1.54, 1.807) is 17.0 Å². The Morgan fingerprint density at radius 1 is 1.30 bits per heavy atom. The van der Waals surface area contributed by atoms with Crippen LogP contribution in [0, 0.1) is 5.92 Å². The molecule has 124 valence electrons. The van der Waals surface area contributed by atoms with Crippen molar-refractivity contribution >= 4 is 17.5 Å². The van der Waals surface area contributed by atoms with Gasteiger partial charge in [-0.1, -0.05) is 0 Å². The Morgan fingerprint density at radius 2 is 2.09 bits per heavy atom. The zero-order valence-corrected chi connectivity index (χ0v) is 12.9. The van der Waals surface area contributed by atoms with E-state index in [0.717, 1.165) is 5.69 Å². The summed E-state index contributed by atoms with van der Waals surface area (Å²) in [6.07, 6.45) is 1.22. The lowest BCUT2D eigenvalue weighted by atomic mass is 10.1. The summed E-state index contributed by atoms with van der Waals surface area (Å²) in [6.45, 7) is 2.56. The number of nitrogens with two attached hydrogens (primary N) is 1. The van der Waals surface area contributed by atoms with Crippen molar-refractivity contribution in [3.05, 3.63) is 18.2 Å². The largest absolute Gasteiger partial charge is 0.486 e. The van der Waals surface area contributed by atoms with Gasteiger partial charge in [0.1, 0.15) is 19.1 Å². The van der Waals surface area contributed by atoms with Crippen molar-refractivity contribution in [2.45, 2.75) is 12.8 Å². The molecule has 0 aromatic heterocycles. The summed E-state index contributed by atoms with van der Waals surface area (Å²) in [5.41, 5.74) is 6.13. The second-order valence-corrected chi connectivity index (χ2v) is 5.59. The number of hydrogen-bond donors (Lipinski definition) is 2. The van der Waals surface area contributed by atoms with E-state index in [0.29, 0.717) is 57.2 Å². The van der Waals surface area contributed by atoms with Crippen LogP contribution in [-0.2, 0) is 9.59 Å². The number of amides is 2. The summed E-state index contributed by atoms with van der Waals surface area (Å²) in [6, 6.07) is 5.41. The third-order valence-corrected chi connectivity index (χ3v) is 4.04. The van der Waals surface area contributed by atoms with Crippen LogP contribution in [0.3, 0.4) is 0 Å². The van der Waals surface area contributed by atoms with Crippen LogP contribution in [-0.4, -0.2) is 44.7 Å². The fourth-order valence-corrected chi connectivity index (χ4v) is 2.82. The van der Waals surface area contributed by atoms with Crippen molar-refractivity contribution in [3.8, 4) is 11.5 Å². The molecule has 7 heteroatoms. The predicted octanol–water partition coefficient (Wildman–Crippen LogP) is 0.276. The highest BCUT2D eigenvalue weighted by Gasteiger charge is 2.37. The Bertz CT molecular complexity index is 605. The normalized spacial score (nSPS) is 19.8. The highest BCUT2D eigenvalue weighted by atomic mass is 16.6. The lowest BCUT2D eigenvalue weighted by Gasteiger charge is -2.22. The summed E-state index contributed by atoms with van der Waals surface area (Å²) < 4.78 is 11.0. The predicted molar refractivity (Wildman–Crippen MR) is 84.6 cm³/mol. The molecule has 1 atom stereocenters. The Kier molecular flexibility index (Phi) is 4.66. The molecule has 1 saturated heterocycles. The van der Waals surface area contributed by atoms with Crippen molar-refractivity contribution in [2.24, 2.45) is 11.7 Å². The molecule has 23 heavy (non-hydrogen) atoms. The van der Waals surface area contributed by atoms with Crippen LogP contribution >= 0.6 is 0 Å². The van der Waals surface area contributed by atoms with E-state index in [-0.39, 0.29) is 11.8 Å². The number of hydrogen-bond acceptors (Lipinski definition) is 5. The lowest BCUT2D eigenvalue weighted by Crippen LogP contribution is -2.37. The van der Waals surface area contributed by atoms with E-state index in [4.69, 9.17) is 15.2 Å². The van der Waals surface area contributed by atoms with Crippen LogP contribution in [0.15, 0.2) is 18.2 Å². The molecule has 0 radical (unpaired) electrons. The van der Waals surface area contributed by atoms with Gasteiger partial charge in [0.15, 0.2) is 11.5 Å². The van der Waals surface area contributed by atoms with E-state index in [2.05, 4.69) is 5.32 Å². The molecule has 3 rings (SSSR count). The highest BCUT2D eigenvalue weighted by Crippen LogP contribution is 2.35. The van der Waals surface area contributed by atoms with E-state index in [1.807, 2.05) is 6.07 Å². The van der Waals surface area contributed by atoms with Gasteiger partial charge in [0, 0.05) is 24.8 Å². The van der Waals surface area contributed by atoms with Crippen molar-refractivity contribution in [1.82, 2.24) is 5.32 Å². The Labute approximate surface area is 134 Å². The van der Waals surface area contributed by atoms with Gasteiger partial charge in [-0.25, -0.2) is 0 Å². The molecular formula is C16H21N3O4. The average Bonchev–Trinajstić information content (AvgIpc) is 2.96. The topological polar surface area (TPSA) is 93.9 Å². The summed E-state index contributed by atoms with van der Waals surface area (Å²) >= 11 is 0. The maximum absolute atomic E-state index is 12.5. The van der Waals surface area contributed by atoms with Gasteiger partial charge in [-0.05, 0) is 31.5 Å². The number of benzene rings is 1. The van der Waals surface area contributed by atoms with Crippen LogP contribution < -0.4 is 25.4 Å². The molecular weight excluding hydrogens is 298 g/mol. The summed E-state index contributed by atoms with van der Waals surface area (Å²) in [4.78, 5) is 26.2. The number of rotatable bonds is 5. The van der Waals surface area contributed by atoms with E-state index < -0.39 is 5.92 Å². The van der Waals surface area contributed by atoms with Crippen LogP contribution in [0.1, 0.15) is 12.8 Å². The minimum absolute atomic E-state index is 0.174. The van der Waals surface area contributed by atoms with Crippen LogP contribution in [0.4, 0.5) is 5.69 Å². The quantitative estimate of drug-likeness (QED) is 0.600. The van der Waals surface area contributed by atoms with Gasteiger partial charge in [0.2, 0.25) is 11.8 Å². The third-order valence-electron chi connectivity index (χ3n) is 4.04. The smallest absolute Gasteiger partial charge is 0.239 e. The second-order valence-electron chi connectivity index (χ2n) is 5.59. The number of fused-ring (bicyclic) bond motifs is 1. The van der Waals surface area contributed by atoms with Gasteiger partial charge in [-0.2, -0.15) is 0 Å². The van der Waals surface area contributed by atoms with Gasteiger partial charge in [0.25, 0.3) is 0 Å². The SMILES string of the molecule is NCCCNC(=O)C1CCN(c2ccc3c(c2)OCCO3)C1=O. The minimum Gasteiger partial charge on any atom is -0.486 e. The first-order valence-electron chi connectivity index (χ1n) is 7.89. The molecule has 7 nitrogen and oxygen atoms in total. The van der Waals surface area contributed by atoms with Crippen LogP contribution in [0.2, 0.25) is 0 Å². The monoisotopic (exact) mass is 319 g/mol. The molecule has 3 N–H and O–H groups in total. The first-order valence-corrected chi connectivity index (χ1v) is 7.89. The second kappa shape index (κ2) is 6.87. The molecule has 1 aromatic rings. The van der Waals surface area contributed by atoms with Gasteiger partial charge in [-0.15, -0.1) is 0 Å². The standard InChI is InChI=1S/C16H21N3O4/c17-5-1-6-18-15(20)12-4-7-19(16(12)21)11-2-3-13-14(10-11)23-9-8-22-13/h2-3,10,12H,1,4-9,17H2,(H,18,20). The molecule has 0 aliphatic carbocycles. The molecule has 2 amide bonds. The third kappa shape index (κ3) is 3.24. The number of anilines is 1. The summed E-state index contributed by atoms with van der Waals surface area (Å²) in [5, 5.41) is 2.77. The highest BCUT2D eigenvalue weighted by molar-refractivity contribution is 6.09. The van der Waals surface area contributed by atoms with E-state index in [9.17, 15) is 9.59 Å². The zero-order chi connectivity index (χ0) is 16.2. The first-order chi connectivity index (χ1) is 11.2. The fourth-order valence-electron chi connectivity index (χ4n) is 2.82. The number of carbonyl (C=O) groups excluding carboxylic acids is 2. The molecule has 2 aliphatic heterocycles. The van der Waals surface area contributed by atoms with E-state index in [1.165, 1.54) is 0 Å². The van der Waals surface area contributed by atoms with Crippen molar-refractivity contribution in [2.75, 3.05) is 37.7 Å². The number of nitrogens with zero attached hydrogens (tertiary/aromatic N) is 1. The molecule has 1 aromatic carbocycles. The Hall–Kier alpha value is -2.28. The van der Waals surface area contributed by atoms with Crippen molar-refractivity contribution < 1.29 is 19.1 Å². The van der Waals surface area contributed by atoms with Gasteiger partial charge in [0.05, 0.1) is 0 Å². The first kappa shape index (κ1) is 15.6. The number of carbonyl (C=O) groups is 2. The molecule has 1 fully saturated rings. The molecule has 0 bridgehead atoms. The molecule has 0 saturated carbocycles. The maximum atomic E-state index is 12.5. The number of ether oxygens (including phenoxy) is 2. The molecule has 2 aliphatic rings. The Balaban J connectivity index is 1.68. The van der Waals surface area contributed by atoms with Gasteiger partial charge < -0.3 is 25.4 Å². The lowest BCUT2D eigenvalue weighted by molar-refractivity contribution is -0.132. The molecule has 2 heterocycles. The van der Waals surface area contributed by atoms with Crippen molar-refractivity contribution in [3.63, 3.8) is 0 Å². The fraction of sp³-hybridized carbons (Fsp3) is 0.500. The van der Waals surface area contributed by atoms with Crippen molar-refractivity contribution in [1.29, 1.82) is 0 Å². The summed E-state index contributed by atoms with van der Waals surface area (Å²) in [5.74, 6) is 0.302. The molecule has 1 unspecified atom stereocenters. The van der Waals surface area contributed by atoms with Gasteiger partial charge >= 0.3 is 0 Å². The number of nitrogens with one attached hydrogen (secondary N) is 1. The van der Waals surface area contributed by atoms with Crippen LogP contribution in [0.5, 0.6) is 11.5 Å². The molecule has 0 spiro atoms. The van der Waals surface area contributed by atoms with Gasteiger partial charge in [-0.3, -0.25) is 9.59 Å². The average molecular weight is 319 g/mol. The van der Waals surface area contributed by atoms with E-state index >= 15 is 0 Å².